The summed E-state index contributed by atoms with van der Waals surface area (Å²) < 4.78 is 5.34. The number of allylic oxidation sites excluding steroid dienone is 1. The largest absolute Gasteiger partial charge is 0.381 e. The molecule has 1 aliphatic carbocycles. The molecule has 1 saturated carbocycles. The molecular formula is C18H28N2O2. The molecule has 0 aromatic heterocycles. The smallest absolute Gasteiger partial charge is 0.269 e. The fourth-order valence-electron chi connectivity index (χ4n) is 3.74. The summed E-state index contributed by atoms with van der Waals surface area (Å²) in [5.74, 6) is 1.28. The van der Waals surface area contributed by atoms with E-state index in [0.717, 1.165) is 44.8 Å². The van der Waals surface area contributed by atoms with Crippen molar-refractivity contribution < 1.29 is 9.53 Å². The van der Waals surface area contributed by atoms with Crippen LogP contribution in [0.25, 0.3) is 0 Å². The molecule has 0 spiro atoms. The maximum absolute atomic E-state index is 12.4. The zero-order valence-electron chi connectivity index (χ0n) is 13.6. The summed E-state index contributed by atoms with van der Waals surface area (Å²) in [6.07, 6.45) is 11.3. The summed E-state index contributed by atoms with van der Waals surface area (Å²) in [5, 5.41) is 3.12. The summed E-state index contributed by atoms with van der Waals surface area (Å²) in [7, 11) is 0. The molecule has 4 heteroatoms. The number of carbonyl (C=O) groups excluding carboxylic acids is 1. The van der Waals surface area contributed by atoms with Gasteiger partial charge in [-0.15, -0.1) is 0 Å². The van der Waals surface area contributed by atoms with Crippen molar-refractivity contribution in [1.82, 2.24) is 5.32 Å². The van der Waals surface area contributed by atoms with Crippen LogP contribution in [0.2, 0.25) is 0 Å². The van der Waals surface area contributed by atoms with Crippen molar-refractivity contribution in [2.24, 2.45) is 16.8 Å². The Hall–Kier alpha value is -1.16. The molecule has 1 atom stereocenters. The molecule has 0 aromatic carbocycles. The van der Waals surface area contributed by atoms with Crippen LogP contribution in [-0.2, 0) is 9.53 Å². The minimum Gasteiger partial charge on any atom is -0.381 e. The Morgan fingerprint density at radius 2 is 2.00 bits per heavy atom. The van der Waals surface area contributed by atoms with E-state index in [1.807, 2.05) is 6.08 Å². The highest BCUT2D eigenvalue weighted by atomic mass is 16.5. The molecule has 1 unspecified atom stereocenters. The highest BCUT2D eigenvalue weighted by Crippen LogP contribution is 2.31. The Bertz CT molecular complexity index is 458. The molecule has 1 amide bonds. The molecule has 0 aromatic rings. The van der Waals surface area contributed by atoms with Crippen molar-refractivity contribution in [2.75, 3.05) is 13.2 Å². The molecule has 3 aliphatic rings. The predicted molar refractivity (Wildman–Crippen MR) is 87.9 cm³/mol. The van der Waals surface area contributed by atoms with Crippen molar-refractivity contribution in [3.63, 3.8) is 0 Å². The molecule has 1 saturated heterocycles. The van der Waals surface area contributed by atoms with Crippen LogP contribution in [0.5, 0.6) is 0 Å². The van der Waals surface area contributed by atoms with Crippen LogP contribution in [0.15, 0.2) is 16.8 Å². The number of amides is 1. The minimum atomic E-state index is 0.00252. The van der Waals surface area contributed by atoms with Gasteiger partial charge in [0.1, 0.15) is 5.70 Å². The normalized spacial score (nSPS) is 27.4. The molecule has 3 rings (SSSR count). The first-order valence-electron chi connectivity index (χ1n) is 8.88. The predicted octanol–water partition coefficient (Wildman–Crippen LogP) is 3.23. The standard InChI is InChI=1S/C18H28N2O2/c1-13-6-7-16(18(21)19-15-8-10-22-11-9-15)20-17(13)12-14-4-2-3-5-14/h7,13-15H,2-6,8-12H2,1H3,(H,19,21). The number of ether oxygens (including phenoxy) is 1. The highest BCUT2D eigenvalue weighted by molar-refractivity contribution is 5.99. The van der Waals surface area contributed by atoms with Crippen molar-refractivity contribution >= 4 is 11.6 Å². The van der Waals surface area contributed by atoms with E-state index >= 15 is 0 Å². The number of hydrogen-bond acceptors (Lipinski definition) is 3. The van der Waals surface area contributed by atoms with Gasteiger partial charge in [-0.05, 0) is 37.5 Å². The third-order valence-electron chi connectivity index (χ3n) is 5.26. The van der Waals surface area contributed by atoms with E-state index in [9.17, 15) is 4.79 Å². The van der Waals surface area contributed by atoms with Crippen molar-refractivity contribution in [1.29, 1.82) is 0 Å². The van der Waals surface area contributed by atoms with E-state index in [1.165, 1.54) is 31.4 Å². The summed E-state index contributed by atoms with van der Waals surface area (Å²) >= 11 is 0. The average molecular weight is 304 g/mol. The molecule has 4 nitrogen and oxygen atoms in total. The molecule has 0 radical (unpaired) electrons. The Morgan fingerprint density at radius 1 is 1.27 bits per heavy atom. The second-order valence-electron chi connectivity index (χ2n) is 7.04. The van der Waals surface area contributed by atoms with Gasteiger partial charge in [0.25, 0.3) is 5.91 Å². The lowest BCUT2D eigenvalue weighted by Crippen LogP contribution is -2.40. The lowest BCUT2D eigenvalue weighted by Gasteiger charge is -2.25. The van der Waals surface area contributed by atoms with Crippen molar-refractivity contribution in [2.45, 2.75) is 64.3 Å². The summed E-state index contributed by atoms with van der Waals surface area (Å²) in [4.78, 5) is 17.2. The monoisotopic (exact) mass is 304 g/mol. The molecular weight excluding hydrogens is 276 g/mol. The number of nitrogens with one attached hydrogen (secondary N) is 1. The zero-order valence-corrected chi connectivity index (χ0v) is 13.6. The van der Waals surface area contributed by atoms with E-state index < -0.39 is 0 Å². The molecule has 122 valence electrons. The Balaban J connectivity index is 1.59. The number of rotatable bonds is 4. The summed E-state index contributed by atoms with van der Waals surface area (Å²) in [6, 6.07) is 0.245. The molecule has 1 N–H and O–H groups in total. The molecule has 2 fully saturated rings. The van der Waals surface area contributed by atoms with Gasteiger partial charge in [0, 0.05) is 25.0 Å². The van der Waals surface area contributed by atoms with Gasteiger partial charge < -0.3 is 10.1 Å². The second-order valence-corrected chi connectivity index (χ2v) is 7.04. The van der Waals surface area contributed by atoms with E-state index in [2.05, 4.69) is 12.2 Å². The van der Waals surface area contributed by atoms with Crippen LogP contribution in [0.4, 0.5) is 0 Å². The minimum absolute atomic E-state index is 0.00252. The lowest BCUT2D eigenvalue weighted by atomic mass is 9.89. The maximum atomic E-state index is 12.4. The van der Waals surface area contributed by atoms with Gasteiger partial charge in [0.05, 0.1) is 0 Å². The average Bonchev–Trinajstić information content (AvgIpc) is 3.03. The SMILES string of the molecule is CC1CC=C(C(=O)NC2CCOCC2)N=C1CC1CCCC1. The zero-order chi connectivity index (χ0) is 15.4. The van der Waals surface area contributed by atoms with Crippen LogP contribution >= 0.6 is 0 Å². The van der Waals surface area contributed by atoms with Crippen LogP contribution < -0.4 is 5.32 Å². The van der Waals surface area contributed by atoms with Crippen LogP contribution in [0.3, 0.4) is 0 Å². The maximum Gasteiger partial charge on any atom is 0.269 e. The van der Waals surface area contributed by atoms with Crippen LogP contribution in [0, 0.1) is 11.8 Å². The Kier molecular flexibility index (Phi) is 5.29. The number of aliphatic imine (C=N–C) groups is 1. The second kappa shape index (κ2) is 7.40. The Morgan fingerprint density at radius 3 is 2.73 bits per heavy atom. The summed E-state index contributed by atoms with van der Waals surface area (Å²) in [5.41, 5.74) is 1.88. The van der Waals surface area contributed by atoms with E-state index in [-0.39, 0.29) is 11.9 Å². The van der Waals surface area contributed by atoms with E-state index in [0.29, 0.717) is 11.6 Å². The van der Waals surface area contributed by atoms with Gasteiger partial charge in [0.2, 0.25) is 0 Å². The third kappa shape index (κ3) is 3.97. The Labute approximate surface area is 133 Å². The number of carbonyl (C=O) groups is 1. The van der Waals surface area contributed by atoms with Crippen molar-refractivity contribution in [3.8, 4) is 0 Å². The topological polar surface area (TPSA) is 50.7 Å². The van der Waals surface area contributed by atoms with Crippen molar-refractivity contribution in [3.05, 3.63) is 11.8 Å². The molecule has 2 heterocycles. The first-order chi connectivity index (χ1) is 10.7. The van der Waals surface area contributed by atoms with E-state index in [4.69, 9.17) is 9.73 Å². The number of nitrogens with zero attached hydrogens (tertiary/aromatic N) is 1. The lowest BCUT2D eigenvalue weighted by molar-refractivity contribution is -0.118. The summed E-state index contributed by atoms with van der Waals surface area (Å²) in [6.45, 7) is 3.73. The van der Waals surface area contributed by atoms with Gasteiger partial charge in [0.15, 0.2) is 0 Å². The first-order valence-corrected chi connectivity index (χ1v) is 8.88. The first kappa shape index (κ1) is 15.7. The van der Waals surface area contributed by atoms with Gasteiger partial charge in [-0.3, -0.25) is 9.79 Å². The fourth-order valence-corrected chi connectivity index (χ4v) is 3.74. The number of hydrogen-bond donors (Lipinski definition) is 1. The molecule has 2 aliphatic heterocycles. The van der Waals surface area contributed by atoms with Crippen LogP contribution in [-0.4, -0.2) is 30.9 Å². The quantitative estimate of drug-likeness (QED) is 0.867. The van der Waals surface area contributed by atoms with E-state index in [1.54, 1.807) is 0 Å². The highest BCUT2D eigenvalue weighted by Gasteiger charge is 2.25. The molecule has 0 bridgehead atoms. The van der Waals surface area contributed by atoms with Crippen LogP contribution in [0.1, 0.15) is 58.3 Å². The van der Waals surface area contributed by atoms with Gasteiger partial charge in [-0.1, -0.05) is 38.7 Å². The third-order valence-corrected chi connectivity index (χ3v) is 5.26. The molecule has 22 heavy (non-hydrogen) atoms. The van der Waals surface area contributed by atoms with Gasteiger partial charge in [-0.2, -0.15) is 0 Å². The van der Waals surface area contributed by atoms with Gasteiger partial charge >= 0.3 is 0 Å². The van der Waals surface area contributed by atoms with Gasteiger partial charge in [-0.25, -0.2) is 0 Å². The fraction of sp³-hybridized carbons (Fsp3) is 0.778.